The Bertz CT molecular complexity index is 731. The van der Waals surface area contributed by atoms with Crippen LogP contribution in [0.3, 0.4) is 0 Å². The minimum atomic E-state index is -0.429. The molecular weight excluding hydrogens is 322 g/mol. The lowest BCUT2D eigenvalue weighted by Gasteiger charge is -2.11. The number of hydrogen-bond acceptors (Lipinski definition) is 7. The highest BCUT2D eigenvalue weighted by Crippen LogP contribution is 2.12. The fourth-order valence-electron chi connectivity index (χ4n) is 1.99. The molecule has 0 saturated heterocycles. The summed E-state index contributed by atoms with van der Waals surface area (Å²) in [5.41, 5.74) is 1.22. The number of hydrogen-bond donors (Lipinski definition) is 2. The molecule has 8 nitrogen and oxygen atoms in total. The number of nitrogens with one attached hydrogen (secondary N) is 2. The molecule has 2 aromatic rings. The van der Waals surface area contributed by atoms with Crippen LogP contribution in [0.25, 0.3) is 0 Å². The molecule has 1 aromatic carbocycles. The Kier molecular flexibility index (Phi) is 6.41. The average molecular weight is 343 g/mol. The second-order valence-electron chi connectivity index (χ2n) is 5.54. The maximum absolute atomic E-state index is 12.3. The van der Waals surface area contributed by atoms with Crippen LogP contribution < -0.4 is 10.6 Å². The molecule has 8 heteroatoms. The van der Waals surface area contributed by atoms with Gasteiger partial charge in [0.2, 0.25) is 0 Å². The van der Waals surface area contributed by atoms with E-state index in [2.05, 4.69) is 25.3 Å². The standard InChI is InChI=1S/C17H21N5O3/c1-22(2)9-8-18-15-10-14(19-11-20-15)16(23)21-13-6-4-12(5-7-13)17(24)25-3/h4-7,10-11H,8-9H2,1-3H3,(H,21,23)(H,18,19,20). The van der Waals surface area contributed by atoms with E-state index in [1.165, 1.54) is 13.4 Å². The van der Waals surface area contributed by atoms with Crippen molar-refractivity contribution in [2.24, 2.45) is 0 Å². The van der Waals surface area contributed by atoms with Gasteiger partial charge in [0.05, 0.1) is 12.7 Å². The highest BCUT2D eigenvalue weighted by molar-refractivity contribution is 6.03. The van der Waals surface area contributed by atoms with Crippen molar-refractivity contribution in [1.29, 1.82) is 0 Å². The molecule has 2 N–H and O–H groups in total. The van der Waals surface area contributed by atoms with Gasteiger partial charge in [-0.05, 0) is 38.4 Å². The molecule has 0 aliphatic carbocycles. The van der Waals surface area contributed by atoms with Crippen molar-refractivity contribution in [3.05, 3.63) is 47.9 Å². The predicted octanol–water partition coefficient (Wildman–Crippen LogP) is 1.49. The Morgan fingerprint density at radius 1 is 1.16 bits per heavy atom. The topological polar surface area (TPSA) is 96.4 Å². The molecule has 0 unspecified atom stereocenters. The number of carbonyl (C=O) groups excluding carboxylic acids is 2. The first-order chi connectivity index (χ1) is 12.0. The van der Waals surface area contributed by atoms with E-state index in [-0.39, 0.29) is 11.6 Å². The fraction of sp³-hybridized carbons (Fsp3) is 0.294. The number of methoxy groups -OCH3 is 1. The third-order valence-electron chi connectivity index (χ3n) is 3.33. The van der Waals surface area contributed by atoms with Crippen LogP contribution in [0.1, 0.15) is 20.8 Å². The molecular formula is C17H21N5O3. The van der Waals surface area contributed by atoms with Crippen molar-refractivity contribution in [2.45, 2.75) is 0 Å². The summed E-state index contributed by atoms with van der Waals surface area (Å²) in [5.74, 6) is -0.200. The lowest BCUT2D eigenvalue weighted by molar-refractivity contribution is 0.0600. The van der Waals surface area contributed by atoms with Crippen molar-refractivity contribution in [1.82, 2.24) is 14.9 Å². The zero-order valence-corrected chi connectivity index (χ0v) is 14.4. The molecule has 1 amide bonds. The van der Waals surface area contributed by atoms with Crippen LogP contribution in [0.5, 0.6) is 0 Å². The molecule has 1 aromatic heterocycles. The number of aromatic nitrogens is 2. The second-order valence-corrected chi connectivity index (χ2v) is 5.54. The van der Waals surface area contributed by atoms with Gasteiger partial charge in [0, 0.05) is 24.8 Å². The summed E-state index contributed by atoms with van der Waals surface area (Å²) in [4.78, 5) is 33.8. The number of esters is 1. The highest BCUT2D eigenvalue weighted by Gasteiger charge is 2.10. The predicted molar refractivity (Wildman–Crippen MR) is 94.8 cm³/mol. The number of carbonyl (C=O) groups is 2. The molecule has 25 heavy (non-hydrogen) atoms. The molecule has 0 spiro atoms. The van der Waals surface area contributed by atoms with E-state index in [0.717, 1.165) is 6.54 Å². The van der Waals surface area contributed by atoms with Gasteiger partial charge < -0.3 is 20.3 Å². The summed E-state index contributed by atoms with van der Waals surface area (Å²) in [6.07, 6.45) is 1.34. The van der Waals surface area contributed by atoms with E-state index in [9.17, 15) is 9.59 Å². The van der Waals surface area contributed by atoms with E-state index in [4.69, 9.17) is 0 Å². The molecule has 0 fully saturated rings. The summed E-state index contributed by atoms with van der Waals surface area (Å²) in [6, 6.07) is 8.00. The first kappa shape index (κ1) is 18.3. The second kappa shape index (κ2) is 8.74. The Balaban J connectivity index is 1.99. The van der Waals surface area contributed by atoms with Gasteiger partial charge in [0.25, 0.3) is 5.91 Å². The maximum Gasteiger partial charge on any atom is 0.337 e. The Morgan fingerprint density at radius 2 is 1.88 bits per heavy atom. The van der Waals surface area contributed by atoms with E-state index in [1.807, 2.05) is 19.0 Å². The monoisotopic (exact) mass is 343 g/mol. The number of ether oxygens (including phenoxy) is 1. The van der Waals surface area contributed by atoms with E-state index in [0.29, 0.717) is 23.6 Å². The third-order valence-corrected chi connectivity index (χ3v) is 3.33. The lowest BCUT2D eigenvalue weighted by atomic mass is 10.2. The molecule has 0 radical (unpaired) electrons. The quantitative estimate of drug-likeness (QED) is 0.735. The molecule has 132 valence electrons. The number of amides is 1. The average Bonchev–Trinajstić information content (AvgIpc) is 2.61. The van der Waals surface area contributed by atoms with Gasteiger partial charge in [-0.1, -0.05) is 0 Å². The number of nitrogens with zero attached hydrogens (tertiary/aromatic N) is 3. The normalized spacial score (nSPS) is 10.4. The minimum absolute atomic E-state index is 0.249. The van der Waals surface area contributed by atoms with Gasteiger partial charge >= 0.3 is 5.97 Å². The van der Waals surface area contributed by atoms with Gasteiger partial charge in [-0.25, -0.2) is 14.8 Å². The summed E-state index contributed by atoms with van der Waals surface area (Å²) in [5, 5.41) is 5.86. The molecule has 1 heterocycles. The van der Waals surface area contributed by atoms with Crippen molar-refractivity contribution in [2.75, 3.05) is 44.9 Å². The van der Waals surface area contributed by atoms with E-state index >= 15 is 0 Å². The largest absolute Gasteiger partial charge is 0.465 e. The van der Waals surface area contributed by atoms with Gasteiger partial charge in [-0.2, -0.15) is 0 Å². The number of anilines is 2. The van der Waals surface area contributed by atoms with Crippen molar-refractivity contribution >= 4 is 23.4 Å². The first-order valence-corrected chi connectivity index (χ1v) is 7.70. The first-order valence-electron chi connectivity index (χ1n) is 7.70. The SMILES string of the molecule is COC(=O)c1ccc(NC(=O)c2cc(NCCN(C)C)ncn2)cc1. The van der Waals surface area contributed by atoms with E-state index in [1.54, 1.807) is 30.3 Å². The molecule has 0 atom stereocenters. The molecule has 0 saturated carbocycles. The smallest absolute Gasteiger partial charge is 0.337 e. The van der Waals surface area contributed by atoms with Crippen LogP contribution >= 0.6 is 0 Å². The van der Waals surface area contributed by atoms with Crippen LogP contribution in [0, 0.1) is 0 Å². The van der Waals surface area contributed by atoms with Crippen LogP contribution in [-0.4, -0.2) is 61.0 Å². The van der Waals surface area contributed by atoms with Crippen LogP contribution in [0.2, 0.25) is 0 Å². The number of rotatable bonds is 7. The van der Waals surface area contributed by atoms with Crippen molar-refractivity contribution in [3.63, 3.8) is 0 Å². The Morgan fingerprint density at radius 3 is 2.52 bits per heavy atom. The number of benzene rings is 1. The Hall–Kier alpha value is -3.00. The van der Waals surface area contributed by atoms with Crippen LogP contribution in [-0.2, 0) is 4.74 Å². The summed E-state index contributed by atoms with van der Waals surface area (Å²) >= 11 is 0. The summed E-state index contributed by atoms with van der Waals surface area (Å²) in [7, 11) is 5.27. The van der Waals surface area contributed by atoms with Gasteiger partial charge in [-0.15, -0.1) is 0 Å². The zero-order valence-electron chi connectivity index (χ0n) is 14.4. The third kappa shape index (κ3) is 5.54. The molecule has 0 aliphatic heterocycles. The Labute approximate surface area is 146 Å². The highest BCUT2D eigenvalue weighted by atomic mass is 16.5. The van der Waals surface area contributed by atoms with Crippen molar-refractivity contribution in [3.8, 4) is 0 Å². The number of likely N-dealkylation sites (N-methyl/N-ethyl adjacent to an activating group) is 1. The van der Waals surface area contributed by atoms with Crippen LogP contribution in [0.4, 0.5) is 11.5 Å². The lowest BCUT2D eigenvalue weighted by Crippen LogP contribution is -2.21. The molecule has 0 bridgehead atoms. The summed E-state index contributed by atoms with van der Waals surface area (Å²) < 4.78 is 4.63. The van der Waals surface area contributed by atoms with Crippen LogP contribution in [0.15, 0.2) is 36.7 Å². The minimum Gasteiger partial charge on any atom is -0.465 e. The van der Waals surface area contributed by atoms with Gasteiger partial charge in [0.15, 0.2) is 0 Å². The zero-order chi connectivity index (χ0) is 18.2. The van der Waals surface area contributed by atoms with Gasteiger partial charge in [-0.3, -0.25) is 4.79 Å². The fourth-order valence-corrected chi connectivity index (χ4v) is 1.99. The van der Waals surface area contributed by atoms with Crippen molar-refractivity contribution < 1.29 is 14.3 Å². The molecule has 2 rings (SSSR count). The molecule has 0 aliphatic rings. The summed E-state index contributed by atoms with van der Waals surface area (Å²) in [6.45, 7) is 1.55. The van der Waals surface area contributed by atoms with Gasteiger partial charge in [0.1, 0.15) is 17.8 Å². The maximum atomic E-state index is 12.3. The van der Waals surface area contributed by atoms with E-state index < -0.39 is 5.97 Å².